The average Bonchev–Trinajstić information content (AvgIpc) is 2.84. The van der Waals surface area contributed by atoms with E-state index in [2.05, 4.69) is 4.74 Å². The van der Waals surface area contributed by atoms with Gasteiger partial charge in [0.25, 0.3) is 0 Å². The number of para-hydroxylation sites is 1. The highest BCUT2D eigenvalue weighted by atomic mass is 16.8. The number of hydrogen-bond acceptors (Lipinski definition) is 8. The number of ether oxygens (including phenoxy) is 5. The molecule has 0 aliphatic carbocycles. The maximum absolute atomic E-state index is 12.0. The molecule has 1 unspecified atom stereocenters. The van der Waals surface area contributed by atoms with E-state index in [4.69, 9.17) is 18.9 Å². The van der Waals surface area contributed by atoms with Crippen LogP contribution in [0.25, 0.3) is 0 Å². The van der Waals surface area contributed by atoms with Crippen molar-refractivity contribution in [1.29, 1.82) is 0 Å². The van der Waals surface area contributed by atoms with Gasteiger partial charge in [-0.1, -0.05) is 12.1 Å². The number of rotatable bonds is 4. The van der Waals surface area contributed by atoms with Crippen LogP contribution in [0.5, 0.6) is 5.75 Å². The van der Waals surface area contributed by atoms with E-state index in [1.165, 1.54) is 19.1 Å². The highest BCUT2D eigenvalue weighted by molar-refractivity contribution is 5.98. The van der Waals surface area contributed by atoms with Crippen molar-refractivity contribution in [3.8, 4) is 5.75 Å². The molecule has 0 radical (unpaired) electrons. The van der Waals surface area contributed by atoms with Gasteiger partial charge in [0.05, 0.1) is 6.61 Å². The van der Waals surface area contributed by atoms with Crippen molar-refractivity contribution in [2.24, 2.45) is 0 Å². The lowest BCUT2D eigenvalue weighted by Crippen LogP contribution is -2.26. The van der Waals surface area contributed by atoms with Gasteiger partial charge in [0, 0.05) is 6.92 Å². The van der Waals surface area contributed by atoms with Crippen LogP contribution in [-0.2, 0) is 23.7 Å². The van der Waals surface area contributed by atoms with Crippen LogP contribution in [0.4, 0.5) is 4.79 Å². The number of carbonyl (C=O) groups excluding carboxylic acids is 3. The van der Waals surface area contributed by atoms with Crippen molar-refractivity contribution in [2.75, 3.05) is 13.2 Å². The summed E-state index contributed by atoms with van der Waals surface area (Å²) in [6, 6.07) is 5.90. The molecule has 0 spiro atoms. The van der Waals surface area contributed by atoms with Gasteiger partial charge in [-0.3, -0.25) is 4.79 Å². The van der Waals surface area contributed by atoms with Crippen LogP contribution in [0.1, 0.15) is 31.1 Å². The molecule has 1 aliphatic rings. The molecule has 0 saturated carbocycles. The van der Waals surface area contributed by atoms with Crippen LogP contribution >= 0.6 is 0 Å². The Bertz CT molecular complexity index is 637. The molecule has 1 atom stereocenters. The number of benzene rings is 1. The number of esters is 2. The molecule has 8 nitrogen and oxygen atoms in total. The Labute approximate surface area is 138 Å². The first kappa shape index (κ1) is 17.9. The minimum absolute atomic E-state index is 0.00271. The zero-order valence-corrected chi connectivity index (χ0v) is 13.6. The van der Waals surface area contributed by atoms with Crippen molar-refractivity contribution in [3.63, 3.8) is 0 Å². The molecule has 1 aromatic carbocycles. The van der Waals surface area contributed by atoms with Gasteiger partial charge in [0.15, 0.2) is 5.79 Å². The summed E-state index contributed by atoms with van der Waals surface area (Å²) in [5.74, 6) is -2.33. The summed E-state index contributed by atoms with van der Waals surface area (Å²) < 4.78 is 25.1. The van der Waals surface area contributed by atoms with E-state index in [0.717, 1.165) is 0 Å². The minimum atomic E-state index is -1.18. The molecule has 0 aromatic heterocycles. The van der Waals surface area contributed by atoms with E-state index in [1.807, 2.05) is 0 Å². The normalized spacial score (nSPS) is 18.7. The lowest BCUT2D eigenvalue weighted by Gasteiger charge is -2.16. The van der Waals surface area contributed by atoms with E-state index in [0.29, 0.717) is 0 Å². The quantitative estimate of drug-likeness (QED) is 0.467. The fraction of sp³-hybridized carbons (Fsp3) is 0.438. The molecule has 1 heterocycles. The van der Waals surface area contributed by atoms with Gasteiger partial charge in [-0.2, -0.15) is 0 Å². The third-order valence-corrected chi connectivity index (χ3v) is 2.99. The molecule has 24 heavy (non-hydrogen) atoms. The molecular weight excluding hydrogens is 320 g/mol. The molecule has 1 saturated heterocycles. The predicted molar refractivity (Wildman–Crippen MR) is 79.4 cm³/mol. The maximum atomic E-state index is 12.0. The molecule has 0 N–H and O–H groups in total. The third kappa shape index (κ3) is 5.04. The first-order chi connectivity index (χ1) is 11.3. The molecule has 1 fully saturated rings. The molecular formula is C16H18O8. The second kappa shape index (κ2) is 7.41. The summed E-state index contributed by atoms with van der Waals surface area (Å²) >= 11 is 0. The Hall–Kier alpha value is -2.45. The zero-order chi connectivity index (χ0) is 17.7. The Kier molecular flexibility index (Phi) is 5.53. The summed E-state index contributed by atoms with van der Waals surface area (Å²) in [6.07, 6.45) is -1.61. The van der Waals surface area contributed by atoms with Crippen molar-refractivity contribution < 1.29 is 38.1 Å². The fourth-order valence-corrected chi connectivity index (χ4v) is 2.05. The van der Waals surface area contributed by atoms with Crippen LogP contribution in [0.3, 0.4) is 0 Å². The van der Waals surface area contributed by atoms with E-state index < -0.39 is 30.0 Å². The van der Waals surface area contributed by atoms with Crippen molar-refractivity contribution in [1.82, 2.24) is 0 Å². The van der Waals surface area contributed by atoms with E-state index in [9.17, 15) is 14.4 Å². The van der Waals surface area contributed by atoms with Crippen LogP contribution in [0.15, 0.2) is 24.3 Å². The number of carbonyl (C=O) groups is 3. The molecule has 1 aliphatic heterocycles. The van der Waals surface area contributed by atoms with Crippen molar-refractivity contribution >= 4 is 18.1 Å². The van der Waals surface area contributed by atoms with Crippen molar-refractivity contribution in [3.05, 3.63) is 29.8 Å². The first-order valence-corrected chi connectivity index (χ1v) is 7.25. The molecule has 8 heteroatoms. The second-order valence-electron chi connectivity index (χ2n) is 5.49. The van der Waals surface area contributed by atoms with Gasteiger partial charge >= 0.3 is 18.1 Å². The standard InChI is InChI=1S/C16H18O8/c1-10(17)22-13-7-5-4-6-12(13)14(18)23-15(19)20-8-11-9-21-16(2,3)24-11/h4-7,11H,8-9H2,1-3H3. The largest absolute Gasteiger partial charge is 0.516 e. The fourth-order valence-electron chi connectivity index (χ4n) is 2.05. The van der Waals surface area contributed by atoms with E-state index >= 15 is 0 Å². The van der Waals surface area contributed by atoms with Crippen LogP contribution in [0.2, 0.25) is 0 Å². The monoisotopic (exact) mass is 338 g/mol. The summed E-state index contributed by atoms with van der Waals surface area (Å²) in [4.78, 5) is 34.6. The molecule has 2 rings (SSSR count). The average molecular weight is 338 g/mol. The van der Waals surface area contributed by atoms with Gasteiger partial charge in [-0.25, -0.2) is 9.59 Å². The summed E-state index contributed by atoms with van der Waals surface area (Å²) in [7, 11) is 0. The maximum Gasteiger partial charge on any atom is 0.516 e. The van der Waals surface area contributed by atoms with Gasteiger partial charge < -0.3 is 23.7 Å². The lowest BCUT2D eigenvalue weighted by molar-refractivity contribution is -0.143. The predicted octanol–water partition coefficient (Wildman–Crippen LogP) is 2.06. The minimum Gasteiger partial charge on any atom is -0.431 e. The zero-order valence-electron chi connectivity index (χ0n) is 13.6. The van der Waals surface area contributed by atoms with E-state index in [-0.39, 0.29) is 24.5 Å². The van der Waals surface area contributed by atoms with Gasteiger partial charge in [-0.15, -0.1) is 0 Å². The highest BCUT2D eigenvalue weighted by Gasteiger charge is 2.33. The second-order valence-corrected chi connectivity index (χ2v) is 5.49. The Morgan fingerprint density at radius 1 is 1.25 bits per heavy atom. The van der Waals surface area contributed by atoms with Crippen LogP contribution in [-0.4, -0.2) is 43.2 Å². The summed E-state index contributed by atoms with van der Waals surface area (Å²) in [5, 5.41) is 0. The summed E-state index contributed by atoms with van der Waals surface area (Å²) in [5.41, 5.74) is -0.0637. The Morgan fingerprint density at radius 2 is 1.96 bits per heavy atom. The summed E-state index contributed by atoms with van der Waals surface area (Å²) in [6.45, 7) is 4.83. The third-order valence-electron chi connectivity index (χ3n) is 2.99. The Morgan fingerprint density at radius 3 is 2.58 bits per heavy atom. The smallest absolute Gasteiger partial charge is 0.431 e. The SMILES string of the molecule is CC(=O)Oc1ccccc1C(=O)OC(=O)OCC1COC(C)(C)O1. The van der Waals surface area contributed by atoms with E-state index in [1.54, 1.807) is 26.0 Å². The number of hydrogen-bond donors (Lipinski definition) is 0. The first-order valence-electron chi connectivity index (χ1n) is 7.25. The topological polar surface area (TPSA) is 97.4 Å². The van der Waals surface area contributed by atoms with Gasteiger partial charge in [0.2, 0.25) is 0 Å². The van der Waals surface area contributed by atoms with Crippen molar-refractivity contribution in [2.45, 2.75) is 32.7 Å². The Balaban J connectivity index is 1.88. The van der Waals surface area contributed by atoms with Gasteiger partial charge in [0.1, 0.15) is 24.0 Å². The highest BCUT2D eigenvalue weighted by Crippen LogP contribution is 2.23. The molecule has 0 bridgehead atoms. The van der Waals surface area contributed by atoms with Crippen LogP contribution in [0, 0.1) is 0 Å². The lowest BCUT2D eigenvalue weighted by atomic mass is 10.2. The molecule has 0 amide bonds. The molecule has 1 aromatic rings. The van der Waals surface area contributed by atoms with Gasteiger partial charge in [-0.05, 0) is 26.0 Å². The molecule has 130 valence electrons. The van der Waals surface area contributed by atoms with Crippen LogP contribution < -0.4 is 4.74 Å².